The normalized spacial score (nSPS) is 20.5. The number of amides is 1. The molecule has 1 fully saturated rings. The Morgan fingerprint density at radius 2 is 1.85 bits per heavy atom. The Kier molecular flexibility index (Phi) is 9.40. The molecule has 4 rings (SSSR count). The molecule has 39 heavy (non-hydrogen) atoms. The summed E-state index contributed by atoms with van der Waals surface area (Å²) < 4.78 is 34.5. The van der Waals surface area contributed by atoms with E-state index in [2.05, 4.69) is 5.32 Å². The highest BCUT2D eigenvalue weighted by Gasteiger charge is 2.41. The number of hydrogen-bond donors (Lipinski definition) is 2. The summed E-state index contributed by atoms with van der Waals surface area (Å²) in [5.74, 6) is -0.967. The molecule has 0 radical (unpaired) electrons. The van der Waals surface area contributed by atoms with E-state index in [1.165, 1.54) is 10.7 Å². The summed E-state index contributed by atoms with van der Waals surface area (Å²) in [6.07, 6.45) is 4.65. The summed E-state index contributed by atoms with van der Waals surface area (Å²) in [4.78, 5) is 25.7. The zero-order valence-electron chi connectivity index (χ0n) is 22.3. The lowest BCUT2D eigenvalue weighted by Crippen LogP contribution is -2.46. The van der Waals surface area contributed by atoms with Crippen molar-refractivity contribution in [3.05, 3.63) is 53.1 Å². The van der Waals surface area contributed by atoms with E-state index >= 15 is 0 Å². The predicted molar refractivity (Wildman–Crippen MR) is 150 cm³/mol. The third-order valence-corrected chi connectivity index (χ3v) is 10.0. The molecule has 2 aromatic rings. The number of hydrogen-bond acceptors (Lipinski definition) is 6. The number of aryl methyl sites for hydroxylation is 1. The number of nitrogens with one attached hydrogen (secondary N) is 1. The number of carboxylic acid groups (broad SMARTS) is 1. The van der Waals surface area contributed by atoms with Gasteiger partial charge in [0.05, 0.1) is 12.3 Å². The summed E-state index contributed by atoms with van der Waals surface area (Å²) >= 11 is 6.71. The van der Waals surface area contributed by atoms with Crippen molar-refractivity contribution in [1.82, 2.24) is 9.62 Å². The lowest BCUT2D eigenvalue weighted by molar-refractivity contribution is -0.139. The number of sulfonamides is 1. The fourth-order valence-electron chi connectivity index (χ4n) is 5.62. The summed E-state index contributed by atoms with van der Waals surface area (Å²) in [5.41, 5.74) is 1.87. The summed E-state index contributed by atoms with van der Waals surface area (Å²) in [6.45, 7) is 2.23. The minimum absolute atomic E-state index is 0.00956. The fourth-order valence-corrected chi connectivity index (χ4v) is 7.50. The molecule has 0 spiro atoms. The van der Waals surface area contributed by atoms with Gasteiger partial charge < -0.3 is 20.1 Å². The van der Waals surface area contributed by atoms with Gasteiger partial charge in [-0.1, -0.05) is 49.1 Å². The van der Waals surface area contributed by atoms with Gasteiger partial charge in [-0.25, -0.2) is 18.0 Å². The number of ether oxygens (including phenoxy) is 1. The van der Waals surface area contributed by atoms with E-state index in [-0.39, 0.29) is 36.3 Å². The van der Waals surface area contributed by atoms with Crippen LogP contribution in [0.2, 0.25) is 5.02 Å². The molecular weight excluding hydrogens is 542 g/mol. The van der Waals surface area contributed by atoms with E-state index in [4.69, 9.17) is 16.3 Å². The number of para-hydroxylation sites is 1. The van der Waals surface area contributed by atoms with Crippen molar-refractivity contribution < 1.29 is 27.9 Å². The van der Waals surface area contributed by atoms with Crippen molar-refractivity contribution in [1.29, 1.82) is 0 Å². The van der Waals surface area contributed by atoms with Crippen LogP contribution >= 0.6 is 11.6 Å². The van der Waals surface area contributed by atoms with Crippen molar-refractivity contribution >= 4 is 45.1 Å². The fraction of sp³-hybridized carbons (Fsp3) is 0.500. The minimum atomic E-state index is -3.89. The van der Waals surface area contributed by atoms with Gasteiger partial charge in [0.1, 0.15) is 10.9 Å². The molecule has 1 unspecified atom stereocenters. The molecule has 11 heteroatoms. The number of likely N-dealkylation sites (N-methyl/N-ethyl adjacent to an activating group) is 1. The van der Waals surface area contributed by atoms with Crippen LogP contribution in [0, 0.1) is 5.92 Å². The van der Waals surface area contributed by atoms with Crippen molar-refractivity contribution in [3.8, 4) is 0 Å². The number of anilines is 2. The average Bonchev–Trinajstić information content (AvgIpc) is 3.00. The highest BCUT2D eigenvalue weighted by atomic mass is 35.5. The van der Waals surface area contributed by atoms with E-state index in [1.807, 2.05) is 35.2 Å². The van der Waals surface area contributed by atoms with Gasteiger partial charge >= 0.3 is 12.1 Å². The van der Waals surface area contributed by atoms with Crippen molar-refractivity contribution in [2.24, 2.45) is 5.92 Å². The van der Waals surface area contributed by atoms with Crippen LogP contribution in [-0.4, -0.2) is 62.2 Å². The molecule has 2 aliphatic rings. The Balaban J connectivity index is 1.73. The first-order valence-corrected chi connectivity index (χ1v) is 15.2. The minimum Gasteiger partial charge on any atom is -0.480 e. The third kappa shape index (κ3) is 6.50. The largest absolute Gasteiger partial charge is 0.480 e. The second-order valence-electron chi connectivity index (χ2n) is 10.1. The SMILES string of the molecule is CCOC(=O)NC(CCc1cc2c(cc1Cl)N(c1ccccc1)C[C@@H](C1CCCCC1)N(C)S2(=O)=O)C(=O)O. The van der Waals surface area contributed by atoms with Gasteiger partial charge in [-0.3, -0.25) is 0 Å². The highest BCUT2D eigenvalue weighted by molar-refractivity contribution is 7.89. The Bertz CT molecular complexity index is 1280. The topological polar surface area (TPSA) is 116 Å². The van der Waals surface area contributed by atoms with Crippen molar-refractivity contribution in [2.45, 2.75) is 68.8 Å². The Hall–Kier alpha value is -2.82. The summed E-state index contributed by atoms with van der Waals surface area (Å²) in [6, 6.07) is 11.5. The van der Waals surface area contributed by atoms with Gasteiger partial charge in [-0.05, 0) is 68.4 Å². The van der Waals surface area contributed by atoms with Gasteiger partial charge in [0.15, 0.2) is 0 Å². The van der Waals surface area contributed by atoms with Gasteiger partial charge in [0.25, 0.3) is 0 Å². The number of aliphatic carboxylic acids is 1. The number of carbonyl (C=O) groups excluding carboxylic acids is 1. The summed E-state index contributed by atoms with van der Waals surface area (Å²) in [5, 5.41) is 12.3. The van der Waals surface area contributed by atoms with E-state index in [1.54, 1.807) is 26.1 Å². The molecule has 0 bridgehead atoms. The zero-order chi connectivity index (χ0) is 28.2. The predicted octanol–water partition coefficient (Wildman–Crippen LogP) is 5.19. The van der Waals surface area contributed by atoms with Crippen LogP contribution in [0.5, 0.6) is 0 Å². The number of rotatable bonds is 8. The van der Waals surface area contributed by atoms with Crippen molar-refractivity contribution in [2.75, 3.05) is 25.1 Å². The van der Waals surface area contributed by atoms with E-state index < -0.39 is 28.1 Å². The van der Waals surface area contributed by atoms with Crippen LogP contribution in [0.4, 0.5) is 16.2 Å². The van der Waals surface area contributed by atoms with Gasteiger partial charge in [-0.2, -0.15) is 4.31 Å². The van der Waals surface area contributed by atoms with Crippen LogP contribution in [0.15, 0.2) is 47.4 Å². The van der Waals surface area contributed by atoms with E-state index in [0.717, 1.165) is 31.4 Å². The molecule has 1 saturated carbocycles. The Morgan fingerprint density at radius 1 is 1.15 bits per heavy atom. The van der Waals surface area contributed by atoms with E-state index in [0.29, 0.717) is 22.8 Å². The van der Waals surface area contributed by atoms with Crippen LogP contribution < -0.4 is 10.2 Å². The van der Waals surface area contributed by atoms with Crippen molar-refractivity contribution in [3.63, 3.8) is 0 Å². The molecule has 1 heterocycles. The molecule has 212 valence electrons. The molecular formula is C28H36ClN3O6S. The maximum atomic E-state index is 14.1. The van der Waals surface area contributed by atoms with Crippen LogP contribution in [-0.2, 0) is 26.0 Å². The molecule has 1 amide bonds. The van der Waals surface area contributed by atoms with Gasteiger partial charge in [0, 0.05) is 30.3 Å². The molecule has 2 aromatic carbocycles. The number of carboxylic acids is 1. The second-order valence-corrected chi connectivity index (χ2v) is 12.5. The molecule has 1 aliphatic heterocycles. The maximum Gasteiger partial charge on any atom is 0.407 e. The molecule has 1 aliphatic carbocycles. The first-order valence-electron chi connectivity index (χ1n) is 13.4. The van der Waals surface area contributed by atoms with E-state index in [9.17, 15) is 23.1 Å². The van der Waals surface area contributed by atoms with Crippen LogP contribution in [0.25, 0.3) is 0 Å². The first kappa shape index (κ1) is 29.2. The first-order chi connectivity index (χ1) is 18.6. The second kappa shape index (κ2) is 12.6. The smallest absolute Gasteiger partial charge is 0.407 e. The Labute approximate surface area is 235 Å². The average molecular weight is 578 g/mol. The zero-order valence-corrected chi connectivity index (χ0v) is 23.9. The number of nitrogens with zero attached hydrogens (tertiary/aromatic N) is 2. The number of benzene rings is 2. The summed E-state index contributed by atoms with van der Waals surface area (Å²) in [7, 11) is -2.23. The number of halogens is 1. The molecule has 0 aromatic heterocycles. The van der Waals surface area contributed by atoms with Gasteiger partial charge in [-0.15, -0.1) is 0 Å². The third-order valence-electron chi connectivity index (χ3n) is 7.74. The Morgan fingerprint density at radius 3 is 2.49 bits per heavy atom. The number of fused-ring (bicyclic) bond motifs is 1. The number of alkyl carbamates (subject to hydrolysis) is 1. The monoisotopic (exact) mass is 577 g/mol. The molecule has 2 atom stereocenters. The van der Waals surface area contributed by atoms with Crippen LogP contribution in [0.3, 0.4) is 0 Å². The maximum absolute atomic E-state index is 14.1. The molecule has 9 nitrogen and oxygen atoms in total. The molecule has 0 saturated heterocycles. The lowest BCUT2D eigenvalue weighted by atomic mass is 9.83. The number of carbonyl (C=O) groups is 2. The molecule has 2 N–H and O–H groups in total. The standard InChI is InChI=1S/C28H36ClN3O6S/c1-3-38-28(35)30-23(27(33)34)15-14-20-16-26-24(17-22(20)29)32(21-12-8-5-9-13-21)18-25(31(2)39(26,36)37)19-10-6-4-7-11-19/h5,8-9,12-13,16-17,19,23,25H,3-4,6-7,10-11,14-15,18H2,1-2H3,(H,30,35)(H,33,34)/t23?,25-/m0/s1. The quantitative estimate of drug-likeness (QED) is 0.443. The lowest BCUT2D eigenvalue weighted by Gasteiger charge is -2.36. The highest BCUT2D eigenvalue weighted by Crippen LogP contribution is 2.42. The van der Waals surface area contributed by atoms with Gasteiger partial charge in [0.2, 0.25) is 10.0 Å². The van der Waals surface area contributed by atoms with Crippen LogP contribution in [0.1, 0.15) is 51.0 Å².